The summed E-state index contributed by atoms with van der Waals surface area (Å²) in [7, 11) is 0. The molecule has 0 aromatic carbocycles. The summed E-state index contributed by atoms with van der Waals surface area (Å²) in [5, 5.41) is 10.3. The number of nitrogens with zero attached hydrogens (tertiary/aromatic N) is 1. The maximum Gasteiger partial charge on any atom is 0.402 e. The van der Waals surface area contributed by atoms with Gasteiger partial charge >= 0.3 is 6.09 Å². The Labute approximate surface area is 74.4 Å². The minimum Gasteiger partial charge on any atom is -0.465 e. The first kappa shape index (κ1) is 10.6. The fourth-order valence-corrected chi connectivity index (χ4v) is 1.09. The van der Waals surface area contributed by atoms with Crippen LogP contribution in [0.1, 0.15) is 5.01 Å². The Morgan fingerprint density at radius 3 is 2.83 bits per heavy atom. The topological polar surface area (TPSA) is 76.2 Å². The zero-order chi connectivity index (χ0) is 9.40. The number of carbonyl (C=O) groups is 1. The summed E-state index contributed by atoms with van der Waals surface area (Å²) in [4.78, 5) is 12.8. The molecule has 0 radical (unpaired) electrons. The molecule has 0 bridgehead atoms. The van der Waals surface area contributed by atoms with Crippen LogP contribution < -0.4 is 5.73 Å². The van der Waals surface area contributed by atoms with Gasteiger partial charge in [-0.1, -0.05) is 6.08 Å². The molecule has 0 spiro atoms. The molecule has 0 saturated heterocycles. The van der Waals surface area contributed by atoms with Crippen LogP contribution in [0.25, 0.3) is 0 Å². The van der Waals surface area contributed by atoms with Crippen LogP contribution in [-0.4, -0.2) is 16.2 Å². The Morgan fingerprint density at radius 2 is 2.50 bits per heavy atom. The van der Waals surface area contributed by atoms with E-state index in [1.807, 2.05) is 17.7 Å². The number of allylic oxidation sites excluding steroid dienone is 1. The maximum absolute atomic E-state index is 8.78. The predicted octanol–water partition coefficient (Wildman–Crippen LogP) is 1.49. The molecule has 1 heterocycles. The second kappa shape index (κ2) is 6.36. The number of carboxylic acid groups (broad SMARTS) is 1. The van der Waals surface area contributed by atoms with Gasteiger partial charge in [-0.25, -0.2) is 9.78 Å². The van der Waals surface area contributed by atoms with Crippen molar-refractivity contribution in [2.45, 2.75) is 6.42 Å². The van der Waals surface area contributed by atoms with E-state index in [0.29, 0.717) is 0 Å². The molecule has 1 aromatic heterocycles. The summed E-state index contributed by atoms with van der Waals surface area (Å²) < 4.78 is 0. The van der Waals surface area contributed by atoms with Gasteiger partial charge in [-0.2, -0.15) is 0 Å². The summed E-state index contributed by atoms with van der Waals surface area (Å²) in [5.74, 6) is 0. The van der Waals surface area contributed by atoms with Crippen molar-refractivity contribution >= 4 is 17.4 Å². The van der Waals surface area contributed by atoms with E-state index in [-0.39, 0.29) is 0 Å². The molecule has 1 rings (SSSR count). The highest BCUT2D eigenvalue weighted by Gasteiger charge is 1.86. The van der Waals surface area contributed by atoms with Gasteiger partial charge in [0.2, 0.25) is 0 Å². The van der Waals surface area contributed by atoms with Gasteiger partial charge in [0, 0.05) is 18.0 Å². The van der Waals surface area contributed by atoms with Gasteiger partial charge in [0.05, 0.1) is 5.01 Å². The van der Waals surface area contributed by atoms with E-state index < -0.39 is 6.09 Å². The van der Waals surface area contributed by atoms with Crippen molar-refractivity contribution < 1.29 is 9.90 Å². The van der Waals surface area contributed by atoms with Crippen LogP contribution >= 0.6 is 11.3 Å². The molecule has 0 aliphatic rings. The van der Waals surface area contributed by atoms with Crippen LogP contribution in [0, 0.1) is 0 Å². The van der Waals surface area contributed by atoms with Gasteiger partial charge in [-0.05, 0) is 0 Å². The molecular weight excluding hydrogens is 176 g/mol. The molecule has 12 heavy (non-hydrogen) atoms. The SMILES string of the molecule is C=CCc1nccs1.NC(=O)O. The monoisotopic (exact) mass is 186 g/mol. The maximum atomic E-state index is 8.78. The van der Waals surface area contributed by atoms with Crippen molar-refractivity contribution in [1.82, 2.24) is 4.98 Å². The molecule has 1 amide bonds. The van der Waals surface area contributed by atoms with Crippen molar-refractivity contribution in [1.29, 1.82) is 0 Å². The largest absolute Gasteiger partial charge is 0.465 e. The lowest BCUT2D eigenvalue weighted by molar-refractivity contribution is 0.205. The second-order valence-corrected chi connectivity index (χ2v) is 2.74. The number of rotatable bonds is 2. The molecule has 66 valence electrons. The molecule has 0 fully saturated rings. The average Bonchev–Trinajstić information content (AvgIpc) is 2.39. The second-order valence-electron chi connectivity index (χ2n) is 1.76. The Morgan fingerprint density at radius 1 is 1.92 bits per heavy atom. The van der Waals surface area contributed by atoms with Gasteiger partial charge in [-0.15, -0.1) is 17.9 Å². The zero-order valence-electron chi connectivity index (χ0n) is 6.43. The summed E-state index contributed by atoms with van der Waals surface area (Å²) in [6.45, 7) is 3.60. The number of thiazole rings is 1. The molecule has 0 aliphatic heterocycles. The molecule has 0 saturated carbocycles. The summed E-state index contributed by atoms with van der Waals surface area (Å²) >= 11 is 1.67. The lowest BCUT2D eigenvalue weighted by Crippen LogP contribution is -2.03. The van der Waals surface area contributed by atoms with E-state index in [0.717, 1.165) is 11.4 Å². The fourth-order valence-electron chi connectivity index (χ4n) is 0.477. The van der Waals surface area contributed by atoms with E-state index in [9.17, 15) is 0 Å². The molecular formula is C7H10N2O2S. The van der Waals surface area contributed by atoms with E-state index >= 15 is 0 Å². The van der Waals surface area contributed by atoms with Gasteiger partial charge in [0.1, 0.15) is 0 Å². The molecule has 3 N–H and O–H groups in total. The first-order valence-corrected chi connectivity index (χ1v) is 4.02. The standard InChI is InChI=1S/C6H7NS.CH3NO2/c1-2-3-6-7-4-5-8-6;2-1(3)4/h2,4-5H,1,3H2;2H2,(H,3,4). The van der Waals surface area contributed by atoms with E-state index in [2.05, 4.69) is 17.3 Å². The van der Waals surface area contributed by atoms with Gasteiger partial charge in [0.15, 0.2) is 0 Å². The number of aromatic nitrogens is 1. The van der Waals surface area contributed by atoms with E-state index in [1.165, 1.54) is 0 Å². The van der Waals surface area contributed by atoms with Crippen molar-refractivity contribution in [3.05, 3.63) is 29.2 Å². The third-order valence-electron chi connectivity index (χ3n) is 0.802. The summed E-state index contributed by atoms with van der Waals surface area (Å²) in [6.07, 6.45) is 3.24. The first-order chi connectivity index (χ1) is 5.66. The predicted molar refractivity (Wildman–Crippen MR) is 48.2 cm³/mol. The minimum absolute atomic E-state index is 0.900. The quantitative estimate of drug-likeness (QED) is 0.687. The third kappa shape index (κ3) is 6.76. The molecule has 0 aliphatic carbocycles. The number of hydrogen-bond donors (Lipinski definition) is 2. The highest BCUT2D eigenvalue weighted by Crippen LogP contribution is 2.03. The van der Waals surface area contributed by atoms with Crippen molar-refractivity contribution in [2.75, 3.05) is 0 Å². The van der Waals surface area contributed by atoms with Crippen molar-refractivity contribution in [3.63, 3.8) is 0 Å². The number of primary amides is 1. The van der Waals surface area contributed by atoms with Crippen molar-refractivity contribution in [2.24, 2.45) is 5.73 Å². The zero-order valence-corrected chi connectivity index (χ0v) is 7.25. The Balaban J connectivity index is 0.000000261. The van der Waals surface area contributed by atoms with Crippen LogP contribution in [0.5, 0.6) is 0 Å². The van der Waals surface area contributed by atoms with Crippen LogP contribution in [0.4, 0.5) is 4.79 Å². The normalized spacial score (nSPS) is 8.00. The summed E-state index contributed by atoms with van der Waals surface area (Å²) in [6, 6.07) is 0. The smallest absolute Gasteiger partial charge is 0.402 e. The van der Waals surface area contributed by atoms with E-state index in [4.69, 9.17) is 9.90 Å². The first-order valence-electron chi connectivity index (χ1n) is 3.14. The molecule has 4 nitrogen and oxygen atoms in total. The molecule has 0 atom stereocenters. The molecule has 0 unspecified atom stereocenters. The Kier molecular flexibility index (Phi) is 5.64. The van der Waals surface area contributed by atoms with Crippen LogP contribution in [0.15, 0.2) is 24.2 Å². The fraction of sp³-hybridized carbons (Fsp3) is 0.143. The third-order valence-corrected chi connectivity index (χ3v) is 1.60. The number of nitrogens with two attached hydrogens (primary N) is 1. The van der Waals surface area contributed by atoms with Crippen molar-refractivity contribution in [3.8, 4) is 0 Å². The Hall–Kier alpha value is -1.36. The lowest BCUT2D eigenvalue weighted by atomic mass is 10.4. The minimum atomic E-state index is -1.33. The van der Waals surface area contributed by atoms with Crippen LogP contribution in [0.2, 0.25) is 0 Å². The number of amides is 1. The highest BCUT2D eigenvalue weighted by atomic mass is 32.1. The Bertz CT molecular complexity index is 230. The van der Waals surface area contributed by atoms with Crippen LogP contribution in [-0.2, 0) is 6.42 Å². The lowest BCUT2D eigenvalue weighted by Gasteiger charge is -1.79. The highest BCUT2D eigenvalue weighted by molar-refractivity contribution is 7.09. The van der Waals surface area contributed by atoms with Gasteiger partial charge in [-0.3, -0.25) is 0 Å². The molecule has 1 aromatic rings. The molecule has 5 heteroatoms. The van der Waals surface area contributed by atoms with E-state index in [1.54, 1.807) is 11.3 Å². The van der Waals surface area contributed by atoms with Crippen LogP contribution in [0.3, 0.4) is 0 Å². The average molecular weight is 186 g/mol. The van der Waals surface area contributed by atoms with Gasteiger partial charge in [0.25, 0.3) is 0 Å². The number of hydrogen-bond acceptors (Lipinski definition) is 3. The van der Waals surface area contributed by atoms with Gasteiger partial charge < -0.3 is 10.8 Å². The summed E-state index contributed by atoms with van der Waals surface area (Å²) in [5.41, 5.74) is 4.03.